The number of esters is 1. The fraction of sp³-hybridized carbons (Fsp3) is 0.960. The Kier molecular flexibility index (Phi) is 5.17. The van der Waals surface area contributed by atoms with Crippen LogP contribution in [0.1, 0.15) is 86.5 Å². The van der Waals surface area contributed by atoms with Crippen LogP contribution in [0.5, 0.6) is 0 Å². The summed E-state index contributed by atoms with van der Waals surface area (Å²) >= 11 is 0. The molecule has 0 radical (unpaired) electrons. The van der Waals surface area contributed by atoms with Crippen molar-refractivity contribution in [3.63, 3.8) is 0 Å². The molecule has 0 aromatic heterocycles. The molecule has 4 fully saturated rings. The second-order valence-electron chi connectivity index (χ2n) is 11.5. The first-order valence-corrected chi connectivity index (χ1v) is 12.0. The van der Waals surface area contributed by atoms with E-state index in [1.165, 1.54) is 39.0 Å². The van der Waals surface area contributed by atoms with Crippen molar-refractivity contribution in [3.05, 3.63) is 0 Å². The first kappa shape index (κ1) is 20.7. The Hall–Kier alpha value is -0.570. The molecule has 0 heterocycles. The standard InChI is InChI=1S/C25H42O3/c1-7-17-8-9-18-23-15(3)14(2)20-12-21(27)22(28-16(4)26)13-25(20,6)19(23)10-11-24(17,18)5/h14-15,17-23,27H,7-13H2,1-6H3. The second-order valence-corrected chi connectivity index (χ2v) is 11.5. The maximum atomic E-state index is 11.6. The highest BCUT2D eigenvalue weighted by Crippen LogP contribution is 2.70. The molecule has 3 heteroatoms. The Balaban J connectivity index is 1.68. The quantitative estimate of drug-likeness (QED) is 0.638. The number of hydrogen-bond acceptors (Lipinski definition) is 3. The topological polar surface area (TPSA) is 46.5 Å². The van der Waals surface area contributed by atoms with Crippen LogP contribution in [0.15, 0.2) is 0 Å². The number of aliphatic hydroxyl groups is 1. The second kappa shape index (κ2) is 7.00. The summed E-state index contributed by atoms with van der Waals surface area (Å²) < 4.78 is 5.61. The van der Waals surface area contributed by atoms with E-state index in [1.54, 1.807) is 0 Å². The molecule has 0 aromatic rings. The average molecular weight is 391 g/mol. The molecule has 4 aliphatic carbocycles. The lowest BCUT2D eigenvalue weighted by Gasteiger charge is -2.65. The van der Waals surface area contributed by atoms with Gasteiger partial charge >= 0.3 is 5.97 Å². The van der Waals surface area contributed by atoms with E-state index in [4.69, 9.17) is 4.74 Å². The van der Waals surface area contributed by atoms with Gasteiger partial charge in [0.05, 0.1) is 6.10 Å². The summed E-state index contributed by atoms with van der Waals surface area (Å²) in [7, 11) is 0. The van der Waals surface area contributed by atoms with Crippen LogP contribution >= 0.6 is 0 Å². The van der Waals surface area contributed by atoms with Gasteiger partial charge in [-0.3, -0.25) is 4.79 Å². The van der Waals surface area contributed by atoms with Crippen molar-refractivity contribution < 1.29 is 14.6 Å². The SMILES string of the molecule is CCC1CCC2C3C(C)C(C)C4CC(O)C(OC(C)=O)CC4(C)C3CCC12C. The molecule has 28 heavy (non-hydrogen) atoms. The van der Waals surface area contributed by atoms with Crippen LogP contribution in [0.3, 0.4) is 0 Å². The van der Waals surface area contributed by atoms with Gasteiger partial charge in [-0.25, -0.2) is 0 Å². The number of hydrogen-bond donors (Lipinski definition) is 1. The van der Waals surface area contributed by atoms with E-state index in [9.17, 15) is 9.90 Å². The predicted molar refractivity (Wildman–Crippen MR) is 112 cm³/mol. The summed E-state index contributed by atoms with van der Waals surface area (Å²) in [5.74, 6) is 4.89. The smallest absolute Gasteiger partial charge is 0.302 e. The lowest BCUT2D eigenvalue weighted by atomic mass is 9.40. The molecule has 0 saturated heterocycles. The molecule has 0 aromatic carbocycles. The van der Waals surface area contributed by atoms with E-state index < -0.39 is 6.10 Å². The van der Waals surface area contributed by atoms with Crippen LogP contribution in [-0.4, -0.2) is 23.3 Å². The highest BCUT2D eigenvalue weighted by molar-refractivity contribution is 5.66. The lowest BCUT2D eigenvalue weighted by molar-refractivity contribution is -0.205. The molecule has 0 spiro atoms. The maximum Gasteiger partial charge on any atom is 0.302 e. The van der Waals surface area contributed by atoms with Crippen molar-refractivity contribution in [2.45, 2.75) is 98.7 Å². The van der Waals surface area contributed by atoms with Crippen molar-refractivity contribution in [3.8, 4) is 0 Å². The zero-order chi connectivity index (χ0) is 20.4. The molecular weight excluding hydrogens is 348 g/mol. The number of rotatable bonds is 2. The number of carbonyl (C=O) groups excluding carboxylic acids is 1. The van der Waals surface area contributed by atoms with Gasteiger partial charge in [0.2, 0.25) is 0 Å². The molecule has 0 aliphatic heterocycles. The molecule has 0 amide bonds. The zero-order valence-corrected chi connectivity index (χ0v) is 18.9. The third-order valence-corrected chi connectivity index (χ3v) is 10.7. The molecule has 4 rings (SSSR count). The lowest BCUT2D eigenvalue weighted by Crippen LogP contribution is -2.61. The first-order chi connectivity index (χ1) is 13.1. The minimum atomic E-state index is -0.502. The van der Waals surface area contributed by atoms with Crippen molar-refractivity contribution in [1.82, 2.24) is 0 Å². The number of ether oxygens (including phenoxy) is 1. The number of fused-ring (bicyclic) bond motifs is 5. The van der Waals surface area contributed by atoms with Crippen molar-refractivity contribution >= 4 is 5.97 Å². The molecule has 3 nitrogen and oxygen atoms in total. The van der Waals surface area contributed by atoms with E-state index in [0.717, 1.165) is 36.5 Å². The minimum Gasteiger partial charge on any atom is -0.460 e. The Bertz CT molecular complexity index is 617. The highest BCUT2D eigenvalue weighted by Gasteiger charge is 2.64. The van der Waals surface area contributed by atoms with Crippen LogP contribution in [0, 0.1) is 52.3 Å². The molecule has 1 N–H and O–H groups in total. The van der Waals surface area contributed by atoms with Gasteiger partial charge in [0, 0.05) is 6.92 Å². The third kappa shape index (κ3) is 2.81. The Labute approximate surface area is 172 Å². The summed E-state index contributed by atoms with van der Waals surface area (Å²) in [4.78, 5) is 11.6. The summed E-state index contributed by atoms with van der Waals surface area (Å²) in [6, 6.07) is 0. The van der Waals surface area contributed by atoms with Gasteiger partial charge in [-0.1, -0.05) is 41.0 Å². The van der Waals surface area contributed by atoms with Gasteiger partial charge in [-0.2, -0.15) is 0 Å². The predicted octanol–water partition coefficient (Wildman–Crippen LogP) is 5.45. The van der Waals surface area contributed by atoms with Crippen LogP contribution in [0.4, 0.5) is 0 Å². The molecular formula is C25H42O3. The van der Waals surface area contributed by atoms with Crippen LogP contribution in [-0.2, 0) is 9.53 Å². The van der Waals surface area contributed by atoms with Gasteiger partial charge in [-0.05, 0) is 90.8 Å². The molecule has 160 valence electrons. The average Bonchev–Trinajstić information content (AvgIpc) is 2.97. The van der Waals surface area contributed by atoms with Gasteiger partial charge in [0.1, 0.15) is 6.10 Å². The van der Waals surface area contributed by atoms with E-state index in [-0.39, 0.29) is 17.5 Å². The van der Waals surface area contributed by atoms with Crippen LogP contribution in [0.25, 0.3) is 0 Å². The Morgan fingerprint density at radius 3 is 2.36 bits per heavy atom. The Morgan fingerprint density at radius 2 is 1.71 bits per heavy atom. The Morgan fingerprint density at radius 1 is 1.04 bits per heavy atom. The van der Waals surface area contributed by atoms with Crippen molar-refractivity contribution in [2.24, 2.45) is 52.3 Å². The molecule has 11 unspecified atom stereocenters. The van der Waals surface area contributed by atoms with Crippen LogP contribution in [0.2, 0.25) is 0 Å². The summed E-state index contributed by atoms with van der Waals surface area (Å²) in [6.45, 7) is 13.9. The monoisotopic (exact) mass is 390 g/mol. The minimum absolute atomic E-state index is 0.182. The highest BCUT2D eigenvalue weighted by atomic mass is 16.6. The van der Waals surface area contributed by atoms with Crippen molar-refractivity contribution in [2.75, 3.05) is 0 Å². The summed E-state index contributed by atoms with van der Waals surface area (Å²) in [5.41, 5.74) is 0.706. The fourth-order valence-corrected chi connectivity index (χ4v) is 9.17. The normalized spacial score (nSPS) is 55.8. The van der Waals surface area contributed by atoms with Gasteiger partial charge in [-0.15, -0.1) is 0 Å². The third-order valence-electron chi connectivity index (χ3n) is 10.7. The number of carbonyl (C=O) groups is 1. The molecule has 4 saturated carbocycles. The first-order valence-electron chi connectivity index (χ1n) is 12.0. The fourth-order valence-electron chi connectivity index (χ4n) is 9.17. The molecule has 0 bridgehead atoms. The summed E-state index contributed by atoms with van der Waals surface area (Å²) in [5, 5.41) is 10.8. The summed E-state index contributed by atoms with van der Waals surface area (Å²) in [6.07, 6.45) is 7.65. The van der Waals surface area contributed by atoms with E-state index in [0.29, 0.717) is 23.2 Å². The molecule has 11 atom stereocenters. The van der Waals surface area contributed by atoms with Gasteiger partial charge in [0.15, 0.2) is 0 Å². The molecule has 4 aliphatic rings. The van der Waals surface area contributed by atoms with E-state index in [2.05, 4.69) is 34.6 Å². The largest absolute Gasteiger partial charge is 0.460 e. The zero-order valence-electron chi connectivity index (χ0n) is 18.9. The van der Waals surface area contributed by atoms with Crippen LogP contribution < -0.4 is 0 Å². The van der Waals surface area contributed by atoms with E-state index >= 15 is 0 Å². The van der Waals surface area contributed by atoms with E-state index in [1.807, 2.05) is 0 Å². The maximum absolute atomic E-state index is 11.6. The van der Waals surface area contributed by atoms with Crippen molar-refractivity contribution in [1.29, 1.82) is 0 Å². The van der Waals surface area contributed by atoms with Gasteiger partial charge in [0.25, 0.3) is 0 Å². The number of aliphatic hydroxyl groups excluding tert-OH is 1. The van der Waals surface area contributed by atoms with Gasteiger partial charge < -0.3 is 9.84 Å².